The summed E-state index contributed by atoms with van der Waals surface area (Å²) in [6, 6.07) is 5.05. The predicted molar refractivity (Wildman–Crippen MR) is 109 cm³/mol. The van der Waals surface area contributed by atoms with Crippen molar-refractivity contribution in [3.05, 3.63) is 33.9 Å². The number of benzene rings is 1. The molecule has 7 nitrogen and oxygen atoms in total. The standard InChI is InChI=1S/C18H22Cl2N6O/c1-18(23)6-3-8-26(9-7-18)17-24-14(16(22)27)12(15(21)25-17)10-4-2-5-11(19)13(10)20/h2,4-5H,3,6-9,23H2,1H3,(H2,22,27)(H2,21,24,25)/t18-/m1/s1. The molecule has 9 heteroatoms. The molecule has 27 heavy (non-hydrogen) atoms. The third kappa shape index (κ3) is 4.10. The van der Waals surface area contributed by atoms with Gasteiger partial charge in [-0.15, -0.1) is 0 Å². The minimum absolute atomic E-state index is 0.0152. The first-order valence-electron chi connectivity index (χ1n) is 8.65. The summed E-state index contributed by atoms with van der Waals surface area (Å²) in [6.45, 7) is 3.43. The Hall–Kier alpha value is -2.09. The summed E-state index contributed by atoms with van der Waals surface area (Å²) in [7, 11) is 0. The molecule has 0 saturated carbocycles. The zero-order valence-corrected chi connectivity index (χ0v) is 16.5. The maximum absolute atomic E-state index is 12.1. The largest absolute Gasteiger partial charge is 0.383 e. The van der Waals surface area contributed by atoms with E-state index in [2.05, 4.69) is 9.97 Å². The van der Waals surface area contributed by atoms with Crippen LogP contribution in [0.3, 0.4) is 0 Å². The minimum atomic E-state index is -0.713. The van der Waals surface area contributed by atoms with Gasteiger partial charge in [0.1, 0.15) is 11.5 Å². The average molecular weight is 409 g/mol. The number of nitrogen functional groups attached to an aromatic ring is 1. The Morgan fingerprint density at radius 1 is 1.22 bits per heavy atom. The van der Waals surface area contributed by atoms with Crippen molar-refractivity contribution in [3.8, 4) is 11.1 Å². The van der Waals surface area contributed by atoms with Crippen molar-refractivity contribution in [2.45, 2.75) is 31.7 Å². The summed E-state index contributed by atoms with van der Waals surface area (Å²) in [5.41, 5.74) is 18.6. The zero-order valence-electron chi connectivity index (χ0n) is 15.0. The molecular formula is C18H22Cl2N6O. The number of aromatic nitrogens is 2. The van der Waals surface area contributed by atoms with Crippen LogP contribution in [0, 0.1) is 0 Å². The minimum Gasteiger partial charge on any atom is -0.383 e. The van der Waals surface area contributed by atoms with E-state index in [0.29, 0.717) is 23.1 Å². The van der Waals surface area contributed by atoms with Gasteiger partial charge in [0.15, 0.2) is 0 Å². The zero-order chi connectivity index (χ0) is 19.8. The molecule has 1 aromatic heterocycles. The Morgan fingerprint density at radius 2 is 1.96 bits per heavy atom. The summed E-state index contributed by atoms with van der Waals surface area (Å²) < 4.78 is 0. The molecule has 1 fully saturated rings. The number of carbonyl (C=O) groups excluding carboxylic acids is 1. The lowest BCUT2D eigenvalue weighted by atomic mass is 9.95. The van der Waals surface area contributed by atoms with E-state index in [9.17, 15) is 4.79 Å². The van der Waals surface area contributed by atoms with E-state index < -0.39 is 5.91 Å². The molecule has 144 valence electrons. The Morgan fingerprint density at radius 3 is 2.67 bits per heavy atom. The van der Waals surface area contributed by atoms with Crippen LogP contribution in [0.15, 0.2) is 18.2 Å². The van der Waals surface area contributed by atoms with Gasteiger partial charge in [0.25, 0.3) is 5.91 Å². The number of carbonyl (C=O) groups is 1. The van der Waals surface area contributed by atoms with Gasteiger partial charge in [-0.25, -0.2) is 4.98 Å². The van der Waals surface area contributed by atoms with Crippen LogP contribution in [0.25, 0.3) is 11.1 Å². The molecule has 0 radical (unpaired) electrons. The number of hydrogen-bond donors (Lipinski definition) is 3. The molecule has 1 aliphatic heterocycles. The highest BCUT2D eigenvalue weighted by atomic mass is 35.5. The van der Waals surface area contributed by atoms with E-state index in [0.717, 1.165) is 25.8 Å². The molecule has 1 aliphatic rings. The van der Waals surface area contributed by atoms with E-state index in [-0.39, 0.29) is 27.6 Å². The fourth-order valence-corrected chi connectivity index (χ4v) is 3.64. The summed E-state index contributed by atoms with van der Waals surface area (Å²) in [6.07, 6.45) is 2.58. The molecule has 0 unspecified atom stereocenters. The third-order valence-electron chi connectivity index (χ3n) is 4.79. The predicted octanol–water partition coefficient (Wildman–Crippen LogP) is 2.84. The first kappa shape index (κ1) is 19.7. The van der Waals surface area contributed by atoms with Gasteiger partial charge < -0.3 is 22.1 Å². The van der Waals surface area contributed by atoms with Crippen molar-refractivity contribution >= 4 is 40.9 Å². The second-order valence-electron chi connectivity index (χ2n) is 7.09. The first-order chi connectivity index (χ1) is 12.7. The van der Waals surface area contributed by atoms with E-state index in [1.54, 1.807) is 18.2 Å². The van der Waals surface area contributed by atoms with Gasteiger partial charge >= 0.3 is 0 Å². The van der Waals surface area contributed by atoms with Crippen LogP contribution in [0.5, 0.6) is 0 Å². The molecule has 1 saturated heterocycles. The van der Waals surface area contributed by atoms with Gasteiger partial charge in [-0.3, -0.25) is 4.79 Å². The topological polar surface area (TPSA) is 124 Å². The second kappa shape index (κ2) is 7.50. The van der Waals surface area contributed by atoms with Crippen molar-refractivity contribution in [3.63, 3.8) is 0 Å². The average Bonchev–Trinajstić information content (AvgIpc) is 2.77. The number of rotatable bonds is 3. The van der Waals surface area contributed by atoms with Gasteiger partial charge in [0, 0.05) is 24.2 Å². The van der Waals surface area contributed by atoms with Crippen LogP contribution < -0.4 is 22.1 Å². The fraction of sp³-hybridized carbons (Fsp3) is 0.389. The molecular weight excluding hydrogens is 387 g/mol. The Kier molecular flexibility index (Phi) is 5.46. The van der Waals surface area contributed by atoms with Crippen LogP contribution in [0.2, 0.25) is 10.0 Å². The van der Waals surface area contributed by atoms with Crippen molar-refractivity contribution in [1.82, 2.24) is 9.97 Å². The lowest BCUT2D eigenvalue weighted by molar-refractivity contribution is 0.0996. The van der Waals surface area contributed by atoms with Crippen molar-refractivity contribution < 1.29 is 4.79 Å². The number of hydrogen-bond acceptors (Lipinski definition) is 6. The summed E-state index contributed by atoms with van der Waals surface area (Å²) >= 11 is 12.4. The highest BCUT2D eigenvalue weighted by molar-refractivity contribution is 6.44. The molecule has 2 aromatic rings. The van der Waals surface area contributed by atoms with Crippen LogP contribution in [-0.4, -0.2) is 34.5 Å². The SMILES string of the molecule is C[C@@]1(N)CCCN(c2nc(N)c(-c3cccc(Cl)c3Cl)c(C(N)=O)n2)CC1. The number of anilines is 2. The molecule has 0 aliphatic carbocycles. The summed E-state index contributed by atoms with van der Waals surface area (Å²) in [5.74, 6) is -0.228. The summed E-state index contributed by atoms with van der Waals surface area (Å²) in [4.78, 5) is 22.9. The highest BCUT2D eigenvalue weighted by Crippen LogP contribution is 2.38. The van der Waals surface area contributed by atoms with E-state index in [1.807, 2.05) is 11.8 Å². The monoisotopic (exact) mass is 408 g/mol. The van der Waals surface area contributed by atoms with E-state index in [4.69, 9.17) is 40.4 Å². The maximum Gasteiger partial charge on any atom is 0.268 e. The van der Waals surface area contributed by atoms with Crippen molar-refractivity contribution in [1.29, 1.82) is 0 Å². The smallest absolute Gasteiger partial charge is 0.268 e. The lowest BCUT2D eigenvalue weighted by Gasteiger charge is -2.24. The Bertz CT molecular complexity index is 886. The molecule has 1 amide bonds. The van der Waals surface area contributed by atoms with Crippen molar-refractivity contribution in [2.75, 3.05) is 23.7 Å². The Balaban J connectivity index is 2.08. The van der Waals surface area contributed by atoms with Crippen molar-refractivity contribution in [2.24, 2.45) is 11.5 Å². The van der Waals surface area contributed by atoms with Gasteiger partial charge in [0.05, 0.1) is 15.6 Å². The lowest BCUT2D eigenvalue weighted by Crippen LogP contribution is -2.37. The van der Waals surface area contributed by atoms with Gasteiger partial charge in [0.2, 0.25) is 5.95 Å². The van der Waals surface area contributed by atoms with Gasteiger partial charge in [-0.1, -0.05) is 35.3 Å². The Labute approximate surface area is 167 Å². The number of amides is 1. The number of nitrogens with two attached hydrogens (primary N) is 3. The van der Waals surface area contributed by atoms with Gasteiger partial charge in [-0.05, 0) is 32.3 Å². The third-order valence-corrected chi connectivity index (χ3v) is 5.61. The summed E-state index contributed by atoms with van der Waals surface area (Å²) in [5, 5.41) is 0.598. The normalized spacial score (nSPS) is 20.4. The number of halogens is 2. The second-order valence-corrected chi connectivity index (χ2v) is 7.88. The molecule has 6 N–H and O–H groups in total. The van der Waals surface area contributed by atoms with Crippen LogP contribution in [-0.2, 0) is 0 Å². The number of nitrogens with zero attached hydrogens (tertiary/aromatic N) is 3. The molecule has 0 spiro atoms. The van der Waals surface area contributed by atoms with Crippen LogP contribution in [0.1, 0.15) is 36.7 Å². The van der Waals surface area contributed by atoms with E-state index >= 15 is 0 Å². The molecule has 1 aromatic carbocycles. The van der Waals surface area contributed by atoms with Gasteiger partial charge in [-0.2, -0.15) is 4.98 Å². The first-order valence-corrected chi connectivity index (χ1v) is 9.41. The molecule has 2 heterocycles. The number of primary amides is 1. The molecule has 1 atom stereocenters. The van der Waals surface area contributed by atoms with E-state index in [1.165, 1.54) is 0 Å². The fourth-order valence-electron chi connectivity index (χ4n) is 3.25. The van der Waals surface area contributed by atoms with Crippen LogP contribution >= 0.6 is 23.2 Å². The molecule has 0 bridgehead atoms. The quantitative estimate of drug-likeness (QED) is 0.716. The molecule has 3 rings (SSSR count). The maximum atomic E-state index is 12.1. The van der Waals surface area contributed by atoms with Crippen LogP contribution in [0.4, 0.5) is 11.8 Å². The highest BCUT2D eigenvalue weighted by Gasteiger charge is 2.27.